The third kappa shape index (κ3) is 7.41. The van der Waals surface area contributed by atoms with Crippen LogP contribution in [0.3, 0.4) is 0 Å². The number of aliphatic hydroxyl groups excluding tert-OH is 2. The third-order valence-corrected chi connectivity index (χ3v) is 5.89. The van der Waals surface area contributed by atoms with Crippen LogP contribution in [0.15, 0.2) is 12.2 Å². The predicted molar refractivity (Wildman–Crippen MR) is 101 cm³/mol. The van der Waals surface area contributed by atoms with Gasteiger partial charge in [0.05, 0.1) is 19.3 Å². The van der Waals surface area contributed by atoms with Gasteiger partial charge in [-0.3, -0.25) is 0 Å². The highest BCUT2D eigenvalue weighted by molar-refractivity contribution is 4.93. The van der Waals surface area contributed by atoms with Gasteiger partial charge in [-0.1, -0.05) is 25.5 Å². The summed E-state index contributed by atoms with van der Waals surface area (Å²) >= 11 is 0. The molecule has 0 aromatic heterocycles. The molecule has 0 aromatic rings. The Labute approximate surface area is 161 Å². The minimum absolute atomic E-state index is 0.0749. The molecule has 2 rings (SSSR count). The summed E-state index contributed by atoms with van der Waals surface area (Å²) in [5.74, 6) is -2.75. The van der Waals surface area contributed by atoms with Gasteiger partial charge in [0.1, 0.15) is 6.10 Å². The van der Waals surface area contributed by atoms with Gasteiger partial charge in [0, 0.05) is 12.8 Å². The van der Waals surface area contributed by atoms with E-state index >= 15 is 0 Å². The van der Waals surface area contributed by atoms with Gasteiger partial charge in [0.25, 0.3) is 5.92 Å². The topological polar surface area (TPSA) is 58.9 Å². The van der Waals surface area contributed by atoms with E-state index in [9.17, 15) is 19.0 Å². The molecule has 1 saturated heterocycles. The van der Waals surface area contributed by atoms with E-state index in [0.717, 1.165) is 32.5 Å². The van der Waals surface area contributed by atoms with E-state index in [-0.39, 0.29) is 37.1 Å². The quantitative estimate of drug-likeness (QED) is 0.512. The Kier molecular flexibility index (Phi) is 9.63. The number of hydrogen-bond acceptors (Lipinski definition) is 4. The second kappa shape index (κ2) is 11.4. The number of unbranched alkanes of at least 4 members (excludes halogenated alkanes) is 1. The zero-order valence-corrected chi connectivity index (χ0v) is 16.5. The molecule has 2 aliphatic rings. The van der Waals surface area contributed by atoms with Gasteiger partial charge in [-0.2, -0.15) is 0 Å². The summed E-state index contributed by atoms with van der Waals surface area (Å²) in [4.78, 5) is 0. The maximum Gasteiger partial charge on any atom is 0.273 e. The molecule has 1 saturated carbocycles. The first kappa shape index (κ1) is 22.7. The van der Waals surface area contributed by atoms with Crippen LogP contribution in [0.25, 0.3) is 0 Å². The summed E-state index contributed by atoms with van der Waals surface area (Å²) in [6.45, 7) is 3.33. The van der Waals surface area contributed by atoms with Crippen LogP contribution >= 0.6 is 0 Å². The number of halogens is 2. The number of allylic oxidation sites excluding steroid dienone is 1. The lowest BCUT2D eigenvalue weighted by atomic mass is 9.86. The van der Waals surface area contributed by atoms with Crippen molar-refractivity contribution >= 4 is 0 Å². The Hall–Kier alpha value is -0.560. The van der Waals surface area contributed by atoms with Crippen LogP contribution < -0.4 is 0 Å². The molecule has 1 aliphatic carbocycles. The lowest BCUT2D eigenvalue weighted by molar-refractivity contribution is -0.175. The lowest BCUT2D eigenvalue weighted by Crippen LogP contribution is -2.34. The summed E-state index contributed by atoms with van der Waals surface area (Å²) in [7, 11) is 0. The molecule has 2 fully saturated rings. The van der Waals surface area contributed by atoms with Crippen molar-refractivity contribution in [3.8, 4) is 0 Å². The summed E-state index contributed by atoms with van der Waals surface area (Å²) in [6, 6.07) is 0. The van der Waals surface area contributed by atoms with Crippen molar-refractivity contribution in [1.29, 1.82) is 0 Å². The first-order chi connectivity index (χ1) is 12.9. The van der Waals surface area contributed by atoms with Gasteiger partial charge in [0.2, 0.25) is 0 Å². The molecule has 4 nitrogen and oxygen atoms in total. The number of ether oxygens (including phenoxy) is 2. The van der Waals surface area contributed by atoms with Gasteiger partial charge < -0.3 is 19.7 Å². The van der Waals surface area contributed by atoms with Gasteiger partial charge >= 0.3 is 0 Å². The molecular formula is C21H36F2O4. The Balaban J connectivity index is 1.74. The fraction of sp³-hybridized carbons (Fsp3) is 0.905. The van der Waals surface area contributed by atoms with Crippen LogP contribution in [0.4, 0.5) is 8.78 Å². The van der Waals surface area contributed by atoms with E-state index in [4.69, 9.17) is 9.47 Å². The lowest BCUT2D eigenvalue weighted by Gasteiger charge is -2.26. The largest absolute Gasteiger partial charge is 0.393 e. The van der Waals surface area contributed by atoms with Crippen LogP contribution in [-0.2, 0) is 9.47 Å². The van der Waals surface area contributed by atoms with E-state index in [1.165, 1.54) is 0 Å². The van der Waals surface area contributed by atoms with Gasteiger partial charge in [0.15, 0.2) is 6.29 Å². The molecule has 0 radical (unpaired) electrons. The van der Waals surface area contributed by atoms with Crippen molar-refractivity contribution in [3.05, 3.63) is 12.2 Å². The van der Waals surface area contributed by atoms with Crippen LogP contribution in [0.5, 0.6) is 0 Å². The normalized spacial score (nSPS) is 28.9. The first-order valence-corrected chi connectivity index (χ1v) is 10.6. The number of alkyl halides is 2. The zero-order valence-electron chi connectivity index (χ0n) is 16.5. The highest BCUT2D eigenvalue weighted by Crippen LogP contribution is 2.39. The van der Waals surface area contributed by atoms with Gasteiger partial charge in [-0.05, 0) is 56.8 Å². The Morgan fingerprint density at radius 3 is 2.56 bits per heavy atom. The summed E-state index contributed by atoms with van der Waals surface area (Å²) in [5.41, 5.74) is 0. The second-order valence-corrected chi connectivity index (χ2v) is 7.99. The van der Waals surface area contributed by atoms with Crippen molar-refractivity contribution in [2.24, 2.45) is 11.8 Å². The molecule has 1 unspecified atom stereocenters. The smallest absolute Gasteiger partial charge is 0.273 e. The fourth-order valence-corrected chi connectivity index (χ4v) is 4.13. The maximum atomic E-state index is 13.9. The maximum absolute atomic E-state index is 13.9. The summed E-state index contributed by atoms with van der Waals surface area (Å²) in [5, 5.41) is 20.2. The minimum Gasteiger partial charge on any atom is -0.393 e. The van der Waals surface area contributed by atoms with Crippen LogP contribution in [0, 0.1) is 11.8 Å². The Bertz CT molecular complexity index is 438. The molecule has 4 atom stereocenters. The first-order valence-electron chi connectivity index (χ1n) is 10.6. The second-order valence-electron chi connectivity index (χ2n) is 7.99. The van der Waals surface area contributed by atoms with E-state index in [1.54, 1.807) is 0 Å². The molecular weight excluding hydrogens is 354 g/mol. The number of aliphatic hydroxyl groups is 2. The fourth-order valence-electron chi connectivity index (χ4n) is 4.13. The van der Waals surface area contributed by atoms with Crippen LogP contribution in [0.2, 0.25) is 0 Å². The van der Waals surface area contributed by atoms with E-state index in [0.29, 0.717) is 32.1 Å². The molecule has 0 aromatic carbocycles. The van der Waals surface area contributed by atoms with Crippen LogP contribution in [-0.4, -0.2) is 47.8 Å². The molecule has 158 valence electrons. The zero-order chi connectivity index (χ0) is 19.7. The highest BCUT2D eigenvalue weighted by Gasteiger charge is 2.39. The Morgan fingerprint density at radius 1 is 1.15 bits per heavy atom. The van der Waals surface area contributed by atoms with Gasteiger partial charge in [-0.15, -0.1) is 0 Å². The molecule has 0 bridgehead atoms. The average molecular weight is 391 g/mol. The molecule has 6 heteroatoms. The molecule has 1 aliphatic heterocycles. The number of rotatable bonds is 11. The minimum atomic E-state index is -3.01. The van der Waals surface area contributed by atoms with Crippen molar-refractivity contribution < 1.29 is 28.5 Å². The highest BCUT2D eigenvalue weighted by atomic mass is 19.3. The molecule has 0 spiro atoms. The van der Waals surface area contributed by atoms with Gasteiger partial charge in [-0.25, -0.2) is 8.78 Å². The van der Waals surface area contributed by atoms with Crippen molar-refractivity contribution in [3.63, 3.8) is 0 Å². The van der Waals surface area contributed by atoms with E-state index in [2.05, 4.69) is 0 Å². The average Bonchev–Trinajstić information content (AvgIpc) is 3.02. The summed E-state index contributed by atoms with van der Waals surface area (Å²) in [6.07, 6.45) is 7.29. The molecule has 27 heavy (non-hydrogen) atoms. The monoisotopic (exact) mass is 390 g/mol. The molecule has 2 N–H and O–H groups in total. The predicted octanol–water partition coefficient (Wildman–Crippen LogP) is 4.44. The van der Waals surface area contributed by atoms with Crippen molar-refractivity contribution in [2.45, 2.75) is 95.6 Å². The standard InChI is InChI=1S/C21H36F2O4/c1-2-3-13-21(22,23)19(25)12-10-16-9-11-18(24)17(16)7-4-5-8-20-26-14-6-15-27-20/h4-5,16-20,24-25H,2-3,6-15H2,1H3/b5-4-/t16-,17-,18+,19?/m1/s1. The van der Waals surface area contributed by atoms with Crippen molar-refractivity contribution in [2.75, 3.05) is 13.2 Å². The SMILES string of the molecule is CCCCC(F)(F)C(O)CC[C@H]1CC[C@H](O)[C@@H]1C/C=C\CC1OCCCO1. The van der Waals surface area contributed by atoms with E-state index in [1.807, 2.05) is 19.1 Å². The molecule has 1 heterocycles. The third-order valence-electron chi connectivity index (χ3n) is 5.89. The molecule has 0 amide bonds. The number of hydrogen-bond donors (Lipinski definition) is 2. The summed E-state index contributed by atoms with van der Waals surface area (Å²) < 4.78 is 38.9. The van der Waals surface area contributed by atoms with Crippen LogP contribution in [0.1, 0.15) is 71.1 Å². The van der Waals surface area contributed by atoms with E-state index < -0.39 is 12.0 Å². The Morgan fingerprint density at radius 2 is 1.85 bits per heavy atom. The van der Waals surface area contributed by atoms with Crippen molar-refractivity contribution in [1.82, 2.24) is 0 Å².